The molecule has 1 amide bonds. The van der Waals surface area contributed by atoms with Gasteiger partial charge in [-0.25, -0.2) is 0 Å². The maximum Gasteiger partial charge on any atom is 0.223 e. The molecule has 1 aliphatic rings. The lowest BCUT2D eigenvalue weighted by Gasteiger charge is -2.34. The number of carbonyl (C=O) groups is 1. The van der Waals surface area contributed by atoms with Crippen LogP contribution in [0.25, 0.3) is 0 Å². The molecule has 1 saturated heterocycles. The molecule has 0 aromatic rings. The van der Waals surface area contributed by atoms with Crippen molar-refractivity contribution in [2.45, 2.75) is 34.6 Å². The highest BCUT2D eigenvalue weighted by atomic mass is 16.1. The van der Waals surface area contributed by atoms with E-state index in [1.54, 1.807) is 0 Å². The quantitative estimate of drug-likeness (QED) is 0.748. The van der Waals surface area contributed by atoms with E-state index in [1.807, 2.05) is 6.92 Å². The van der Waals surface area contributed by atoms with Crippen molar-refractivity contribution in [2.75, 3.05) is 19.6 Å². The molecule has 1 aliphatic heterocycles. The Kier molecular flexibility index (Phi) is 4.36. The Morgan fingerprint density at radius 3 is 2.31 bits per heavy atom. The van der Waals surface area contributed by atoms with Gasteiger partial charge in [-0.1, -0.05) is 34.6 Å². The Labute approximate surface area is 99.4 Å². The maximum absolute atomic E-state index is 11.9. The van der Waals surface area contributed by atoms with Gasteiger partial charge >= 0.3 is 0 Å². The minimum absolute atomic E-state index is 0.143. The summed E-state index contributed by atoms with van der Waals surface area (Å²) in [5, 5.41) is 6.29. The van der Waals surface area contributed by atoms with Crippen LogP contribution in [-0.2, 0) is 4.79 Å². The normalized spacial score (nSPS) is 19.4. The fourth-order valence-corrected chi connectivity index (χ4v) is 1.56. The molecule has 1 heterocycles. The Morgan fingerprint density at radius 2 is 1.94 bits per heavy atom. The number of hydrogen-bond donors (Lipinski definition) is 2. The third kappa shape index (κ3) is 3.21. The van der Waals surface area contributed by atoms with Crippen molar-refractivity contribution in [3.8, 4) is 0 Å². The molecular weight excluding hydrogens is 200 g/mol. The molecular formula is C13H26N2O. The van der Waals surface area contributed by atoms with E-state index < -0.39 is 0 Å². The predicted molar refractivity (Wildman–Crippen MR) is 67.2 cm³/mol. The highest BCUT2D eigenvalue weighted by molar-refractivity contribution is 5.78. The van der Waals surface area contributed by atoms with Gasteiger partial charge in [-0.2, -0.15) is 0 Å². The molecule has 3 heteroatoms. The van der Waals surface area contributed by atoms with Crippen molar-refractivity contribution in [1.29, 1.82) is 0 Å². The molecule has 0 radical (unpaired) electrons. The molecule has 1 rings (SSSR count). The van der Waals surface area contributed by atoms with Crippen molar-refractivity contribution in [3.05, 3.63) is 0 Å². The molecule has 3 nitrogen and oxygen atoms in total. The van der Waals surface area contributed by atoms with Gasteiger partial charge in [-0.15, -0.1) is 0 Å². The number of hydrogen-bond acceptors (Lipinski definition) is 2. The van der Waals surface area contributed by atoms with Crippen LogP contribution in [0.5, 0.6) is 0 Å². The largest absolute Gasteiger partial charge is 0.355 e. The first-order valence-electron chi connectivity index (χ1n) is 6.33. The monoisotopic (exact) mass is 226 g/mol. The molecule has 0 aromatic heterocycles. The Hall–Kier alpha value is -0.570. The maximum atomic E-state index is 11.9. The van der Waals surface area contributed by atoms with Gasteiger partial charge in [0.05, 0.1) is 0 Å². The van der Waals surface area contributed by atoms with Gasteiger partial charge in [0.1, 0.15) is 0 Å². The van der Waals surface area contributed by atoms with Crippen LogP contribution in [0.2, 0.25) is 0 Å². The molecule has 1 unspecified atom stereocenters. The van der Waals surface area contributed by atoms with E-state index in [9.17, 15) is 4.79 Å². The zero-order valence-corrected chi connectivity index (χ0v) is 11.3. The van der Waals surface area contributed by atoms with Crippen molar-refractivity contribution in [3.63, 3.8) is 0 Å². The number of amides is 1. The third-order valence-electron chi connectivity index (χ3n) is 4.21. The smallest absolute Gasteiger partial charge is 0.223 e. The average Bonchev–Trinajstić information content (AvgIpc) is 2.11. The summed E-state index contributed by atoms with van der Waals surface area (Å²) in [6.45, 7) is 13.6. The van der Waals surface area contributed by atoms with Gasteiger partial charge in [-0.3, -0.25) is 4.79 Å². The van der Waals surface area contributed by atoms with Crippen LogP contribution in [0, 0.1) is 23.2 Å². The van der Waals surface area contributed by atoms with Crippen LogP contribution in [0.4, 0.5) is 0 Å². The van der Waals surface area contributed by atoms with Gasteiger partial charge in [0, 0.05) is 12.5 Å². The summed E-state index contributed by atoms with van der Waals surface area (Å²) in [4.78, 5) is 11.9. The predicted octanol–water partition coefficient (Wildman–Crippen LogP) is 1.64. The lowest BCUT2D eigenvalue weighted by atomic mass is 9.81. The summed E-state index contributed by atoms with van der Waals surface area (Å²) in [7, 11) is 0. The van der Waals surface area contributed by atoms with E-state index in [1.165, 1.54) is 0 Å². The van der Waals surface area contributed by atoms with Gasteiger partial charge in [0.2, 0.25) is 5.91 Å². The number of nitrogens with one attached hydrogen (secondary N) is 2. The molecule has 94 valence electrons. The van der Waals surface area contributed by atoms with E-state index in [4.69, 9.17) is 0 Å². The van der Waals surface area contributed by atoms with Crippen LogP contribution in [0.1, 0.15) is 34.6 Å². The summed E-state index contributed by atoms with van der Waals surface area (Å²) >= 11 is 0. The molecule has 1 fully saturated rings. The molecule has 0 aromatic carbocycles. The highest BCUT2D eigenvalue weighted by Crippen LogP contribution is 2.25. The standard InChI is InChI=1S/C13H26N2O/c1-9(2)13(4,5)8-15-12(16)10(3)11-6-14-7-11/h9-11,14H,6-8H2,1-5H3,(H,15,16). The van der Waals surface area contributed by atoms with E-state index in [0.29, 0.717) is 11.8 Å². The van der Waals surface area contributed by atoms with Gasteiger partial charge in [0.15, 0.2) is 0 Å². The first kappa shape index (κ1) is 13.5. The molecule has 2 N–H and O–H groups in total. The van der Waals surface area contributed by atoms with Crippen molar-refractivity contribution < 1.29 is 4.79 Å². The lowest BCUT2D eigenvalue weighted by molar-refractivity contribution is -0.127. The number of carbonyl (C=O) groups excluding carboxylic acids is 1. The number of rotatable bonds is 5. The summed E-state index contributed by atoms with van der Waals surface area (Å²) in [6, 6.07) is 0. The molecule has 16 heavy (non-hydrogen) atoms. The van der Waals surface area contributed by atoms with E-state index >= 15 is 0 Å². The molecule has 0 saturated carbocycles. The second-order valence-corrected chi connectivity index (χ2v) is 6.07. The summed E-state index contributed by atoms with van der Waals surface area (Å²) in [5.41, 5.74) is 0.174. The first-order chi connectivity index (χ1) is 7.34. The zero-order valence-electron chi connectivity index (χ0n) is 11.3. The minimum atomic E-state index is 0.143. The van der Waals surface area contributed by atoms with Crippen LogP contribution < -0.4 is 10.6 Å². The van der Waals surface area contributed by atoms with Crippen LogP contribution in [0.15, 0.2) is 0 Å². The molecule has 1 atom stereocenters. The zero-order chi connectivity index (χ0) is 12.3. The van der Waals surface area contributed by atoms with Crippen LogP contribution in [0.3, 0.4) is 0 Å². The van der Waals surface area contributed by atoms with Crippen molar-refractivity contribution in [2.24, 2.45) is 23.2 Å². The average molecular weight is 226 g/mol. The fraction of sp³-hybridized carbons (Fsp3) is 0.923. The molecule has 0 spiro atoms. The first-order valence-corrected chi connectivity index (χ1v) is 6.33. The topological polar surface area (TPSA) is 41.1 Å². The second kappa shape index (κ2) is 5.17. The van der Waals surface area contributed by atoms with Gasteiger partial charge < -0.3 is 10.6 Å². The van der Waals surface area contributed by atoms with Crippen molar-refractivity contribution in [1.82, 2.24) is 10.6 Å². The van der Waals surface area contributed by atoms with Crippen molar-refractivity contribution >= 4 is 5.91 Å². The Morgan fingerprint density at radius 1 is 1.38 bits per heavy atom. The van der Waals surface area contributed by atoms with E-state index in [0.717, 1.165) is 19.6 Å². The third-order valence-corrected chi connectivity index (χ3v) is 4.21. The molecule has 0 bridgehead atoms. The second-order valence-electron chi connectivity index (χ2n) is 6.07. The highest BCUT2D eigenvalue weighted by Gasteiger charge is 2.30. The Balaban J connectivity index is 2.34. The Bertz CT molecular complexity index is 244. The summed E-state index contributed by atoms with van der Waals surface area (Å²) in [6.07, 6.45) is 0. The van der Waals surface area contributed by atoms with Gasteiger partial charge in [0.25, 0.3) is 0 Å². The SMILES string of the molecule is CC(C(=O)NCC(C)(C)C(C)C)C1CNC1. The minimum Gasteiger partial charge on any atom is -0.355 e. The summed E-state index contributed by atoms with van der Waals surface area (Å²) in [5.74, 6) is 1.46. The van der Waals surface area contributed by atoms with Gasteiger partial charge in [-0.05, 0) is 30.3 Å². The van der Waals surface area contributed by atoms with Crippen LogP contribution >= 0.6 is 0 Å². The lowest BCUT2D eigenvalue weighted by Crippen LogP contribution is -2.50. The fourth-order valence-electron chi connectivity index (χ4n) is 1.56. The summed E-state index contributed by atoms with van der Waals surface area (Å²) < 4.78 is 0. The van der Waals surface area contributed by atoms with Crippen LogP contribution in [-0.4, -0.2) is 25.5 Å². The van der Waals surface area contributed by atoms with E-state index in [-0.39, 0.29) is 17.2 Å². The molecule has 0 aliphatic carbocycles. The van der Waals surface area contributed by atoms with E-state index in [2.05, 4.69) is 38.3 Å².